The van der Waals surface area contributed by atoms with E-state index in [0.29, 0.717) is 17.9 Å². The Labute approximate surface area is 136 Å². The fourth-order valence-electron chi connectivity index (χ4n) is 2.05. The average molecular weight is 325 g/mol. The van der Waals surface area contributed by atoms with Gasteiger partial charge in [0.05, 0.1) is 0 Å². The number of ketones is 1. The van der Waals surface area contributed by atoms with E-state index < -0.39 is 0 Å². The first-order valence-electron chi connectivity index (χ1n) is 7.04. The van der Waals surface area contributed by atoms with Crippen molar-refractivity contribution >= 4 is 24.1 Å². The van der Waals surface area contributed by atoms with E-state index in [4.69, 9.17) is 4.74 Å². The lowest BCUT2D eigenvalue weighted by molar-refractivity contribution is -0.122. The van der Waals surface area contributed by atoms with Crippen LogP contribution in [0.15, 0.2) is 35.9 Å². The van der Waals surface area contributed by atoms with Gasteiger partial charge in [-0.3, -0.25) is 9.59 Å². The lowest BCUT2D eigenvalue weighted by Crippen LogP contribution is -2.32. The minimum absolute atomic E-state index is 0. The first-order chi connectivity index (χ1) is 10.1. The van der Waals surface area contributed by atoms with Gasteiger partial charge in [0.15, 0.2) is 12.4 Å². The Morgan fingerprint density at radius 3 is 2.86 bits per heavy atom. The largest absolute Gasteiger partial charge is 0.484 e. The number of carbonyl (C=O) groups excluding carboxylic acids is 2. The highest BCUT2D eigenvalue weighted by Crippen LogP contribution is 2.13. The van der Waals surface area contributed by atoms with Crippen molar-refractivity contribution < 1.29 is 14.3 Å². The molecule has 2 rings (SSSR count). The molecule has 120 valence electrons. The molecule has 0 saturated carbocycles. The van der Waals surface area contributed by atoms with Crippen LogP contribution in [-0.2, 0) is 4.79 Å². The Morgan fingerprint density at radius 2 is 2.18 bits per heavy atom. The zero-order valence-corrected chi connectivity index (χ0v) is 13.4. The summed E-state index contributed by atoms with van der Waals surface area (Å²) in [6.07, 6.45) is 3.06. The van der Waals surface area contributed by atoms with Crippen LogP contribution in [0.4, 0.5) is 0 Å². The number of nitrogens with one attached hydrogen (secondary N) is 2. The van der Waals surface area contributed by atoms with Crippen LogP contribution in [-0.4, -0.2) is 37.9 Å². The molecule has 2 N–H and O–H groups in total. The first kappa shape index (κ1) is 18.2. The van der Waals surface area contributed by atoms with Crippen molar-refractivity contribution in [1.82, 2.24) is 10.6 Å². The summed E-state index contributed by atoms with van der Waals surface area (Å²) in [5, 5.41) is 6.06. The summed E-state index contributed by atoms with van der Waals surface area (Å²) in [7, 11) is 0. The molecule has 1 aliphatic rings. The highest BCUT2D eigenvalue weighted by atomic mass is 35.5. The number of hydrogen-bond donors (Lipinski definition) is 2. The molecular weight excluding hydrogens is 304 g/mol. The normalized spacial score (nSPS) is 13.6. The molecule has 1 aliphatic heterocycles. The van der Waals surface area contributed by atoms with Gasteiger partial charge in [-0.05, 0) is 32.0 Å². The molecule has 0 atom stereocenters. The number of Topliss-reactive ketones (excluding diaryl/α,β-unsaturated/α-hetero) is 1. The molecular formula is C16H21ClN2O3. The van der Waals surface area contributed by atoms with Gasteiger partial charge in [-0.1, -0.05) is 23.8 Å². The summed E-state index contributed by atoms with van der Waals surface area (Å²) in [5.74, 6) is 0.337. The maximum absolute atomic E-state index is 11.7. The minimum atomic E-state index is -0.164. The van der Waals surface area contributed by atoms with Gasteiger partial charge in [-0.15, -0.1) is 12.4 Å². The average Bonchev–Trinajstić information content (AvgIpc) is 2.52. The summed E-state index contributed by atoms with van der Waals surface area (Å²) in [5.41, 5.74) is 1.81. The van der Waals surface area contributed by atoms with Crippen molar-refractivity contribution in [3.05, 3.63) is 41.5 Å². The quantitative estimate of drug-likeness (QED) is 0.617. The molecule has 1 heterocycles. The third-order valence-electron chi connectivity index (χ3n) is 3.28. The number of rotatable bonds is 6. The molecule has 1 aromatic rings. The van der Waals surface area contributed by atoms with E-state index in [0.717, 1.165) is 19.5 Å². The van der Waals surface area contributed by atoms with Crippen molar-refractivity contribution in [2.45, 2.75) is 13.3 Å². The lowest BCUT2D eigenvalue weighted by atomic mass is 10.1. The summed E-state index contributed by atoms with van der Waals surface area (Å²) in [6.45, 7) is 3.83. The summed E-state index contributed by atoms with van der Waals surface area (Å²) < 4.78 is 5.40. The minimum Gasteiger partial charge on any atom is -0.484 e. The van der Waals surface area contributed by atoms with E-state index in [1.54, 1.807) is 24.3 Å². The van der Waals surface area contributed by atoms with Gasteiger partial charge in [0.1, 0.15) is 5.75 Å². The van der Waals surface area contributed by atoms with Crippen molar-refractivity contribution in [2.24, 2.45) is 0 Å². The second-order valence-corrected chi connectivity index (χ2v) is 4.97. The molecule has 0 bridgehead atoms. The Morgan fingerprint density at radius 1 is 1.36 bits per heavy atom. The smallest absolute Gasteiger partial charge is 0.258 e. The molecule has 1 aromatic carbocycles. The van der Waals surface area contributed by atoms with E-state index in [9.17, 15) is 9.59 Å². The van der Waals surface area contributed by atoms with Crippen LogP contribution in [0.1, 0.15) is 23.7 Å². The fourth-order valence-corrected chi connectivity index (χ4v) is 2.05. The Hall–Kier alpha value is -1.85. The second kappa shape index (κ2) is 9.23. The van der Waals surface area contributed by atoms with Crippen molar-refractivity contribution in [1.29, 1.82) is 0 Å². The molecule has 0 spiro atoms. The molecule has 6 heteroatoms. The molecule has 0 saturated heterocycles. The molecule has 5 nitrogen and oxygen atoms in total. The Bertz CT molecular complexity index is 558. The number of halogens is 1. The monoisotopic (exact) mass is 324 g/mol. The van der Waals surface area contributed by atoms with Crippen LogP contribution in [0, 0.1) is 0 Å². The third kappa shape index (κ3) is 5.87. The zero-order valence-electron chi connectivity index (χ0n) is 12.6. The van der Waals surface area contributed by atoms with E-state index in [-0.39, 0.29) is 30.7 Å². The van der Waals surface area contributed by atoms with E-state index >= 15 is 0 Å². The standard InChI is InChI=1S/C16H20N2O3.ClH/c1-12(19)14-3-2-4-15(9-14)21-11-16(20)18-10-13-5-7-17-8-6-13;/h2-5,9,17H,6-8,10-11H2,1H3,(H,18,20);1H. The predicted octanol–water partition coefficient (Wildman–Crippen LogP) is 1.73. The Balaban J connectivity index is 0.00000242. The highest BCUT2D eigenvalue weighted by Gasteiger charge is 2.07. The SMILES string of the molecule is CC(=O)c1cccc(OCC(=O)NCC2=CCNCC2)c1.Cl. The van der Waals surface area contributed by atoms with Gasteiger partial charge in [-0.25, -0.2) is 0 Å². The topological polar surface area (TPSA) is 67.4 Å². The van der Waals surface area contributed by atoms with Crippen LogP contribution in [0.25, 0.3) is 0 Å². The van der Waals surface area contributed by atoms with Crippen LogP contribution in [0.3, 0.4) is 0 Å². The van der Waals surface area contributed by atoms with Crippen molar-refractivity contribution in [2.75, 3.05) is 26.2 Å². The van der Waals surface area contributed by atoms with Crippen molar-refractivity contribution in [3.8, 4) is 5.75 Å². The summed E-state index contributed by atoms with van der Waals surface area (Å²) in [4.78, 5) is 23.0. The lowest BCUT2D eigenvalue weighted by Gasteiger charge is -2.14. The van der Waals surface area contributed by atoms with E-state index in [1.165, 1.54) is 12.5 Å². The van der Waals surface area contributed by atoms with Gasteiger partial charge in [0.2, 0.25) is 0 Å². The van der Waals surface area contributed by atoms with Crippen LogP contribution in [0.5, 0.6) is 5.75 Å². The van der Waals surface area contributed by atoms with E-state index in [2.05, 4.69) is 16.7 Å². The molecule has 0 aromatic heterocycles. The second-order valence-electron chi connectivity index (χ2n) is 4.97. The molecule has 0 fully saturated rings. The predicted molar refractivity (Wildman–Crippen MR) is 87.8 cm³/mol. The Kier molecular flexibility index (Phi) is 7.63. The molecule has 22 heavy (non-hydrogen) atoms. The maximum atomic E-state index is 11.7. The van der Waals surface area contributed by atoms with E-state index in [1.807, 2.05) is 0 Å². The number of ether oxygens (including phenoxy) is 1. The summed E-state index contributed by atoms with van der Waals surface area (Å²) >= 11 is 0. The third-order valence-corrected chi connectivity index (χ3v) is 3.28. The molecule has 0 unspecified atom stereocenters. The van der Waals surface area contributed by atoms with Gasteiger partial charge in [-0.2, -0.15) is 0 Å². The maximum Gasteiger partial charge on any atom is 0.258 e. The van der Waals surface area contributed by atoms with Crippen molar-refractivity contribution in [3.63, 3.8) is 0 Å². The zero-order chi connectivity index (χ0) is 15.1. The molecule has 0 radical (unpaired) electrons. The number of amides is 1. The van der Waals surface area contributed by atoms with Gasteiger partial charge in [0, 0.05) is 18.7 Å². The van der Waals surface area contributed by atoms with Gasteiger partial charge in [0.25, 0.3) is 5.91 Å². The number of hydrogen-bond acceptors (Lipinski definition) is 4. The van der Waals surface area contributed by atoms with Crippen LogP contribution in [0.2, 0.25) is 0 Å². The summed E-state index contributed by atoms with van der Waals surface area (Å²) in [6, 6.07) is 6.84. The van der Waals surface area contributed by atoms with Gasteiger partial charge >= 0.3 is 0 Å². The van der Waals surface area contributed by atoms with Gasteiger partial charge < -0.3 is 15.4 Å². The molecule has 1 amide bonds. The fraction of sp³-hybridized carbons (Fsp3) is 0.375. The molecule has 0 aliphatic carbocycles. The number of carbonyl (C=O) groups is 2. The van der Waals surface area contributed by atoms with Crippen LogP contribution < -0.4 is 15.4 Å². The number of benzene rings is 1. The van der Waals surface area contributed by atoms with Crippen LogP contribution >= 0.6 is 12.4 Å². The highest BCUT2D eigenvalue weighted by molar-refractivity contribution is 5.94. The first-order valence-corrected chi connectivity index (χ1v) is 7.04.